The summed E-state index contributed by atoms with van der Waals surface area (Å²) in [5, 5.41) is 10.1. The van der Waals surface area contributed by atoms with Crippen LogP contribution < -0.4 is 4.90 Å². The summed E-state index contributed by atoms with van der Waals surface area (Å²) in [5.41, 5.74) is 2.14. The first-order valence-corrected chi connectivity index (χ1v) is 6.77. The Bertz CT molecular complexity index is 620. The van der Waals surface area contributed by atoms with Crippen LogP contribution >= 0.6 is 11.6 Å². The summed E-state index contributed by atoms with van der Waals surface area (Å²) in [6.07, 6.45) is 0. The van der Waals surface area contributed by atoms with Gasteiger partial charge in [-0.05, 0) is 49.7 Å². The van der Waals surface area contributed by atoms with Crippen molar-refractivity contribution in [3.8, 4) is 5.75 Å². The van der Waals surface area contributed by atoms with Crippen LogP contribution in [0.25, 0.3) is 0 Å². The van der Waals surface area contributed by atoms with E-state index in [0.29, 0.717) is 22.8 Å². The molecule has 0 unspecified atom stereocenters. The largest absolute Gasteiger partial charge is 0.508 e. The number of phenolic OH excluding ortho intramolecular Hbond substituents is 1. The van der Waals surface area contributed by atoms with Crippen molar-refractivity contribution < 1.29 is 9.90 Å². The fourth-order valence-electron chi connectivity index (χ4n) is 2.12. The van der Waals surface area contributed by atoms with Gasteiger partial charge in [0.15, 0.2) is 0 Å². The molecule has 0 bridgehead atoms. The zero-order valence-corrected chi connectivity index (χ0v) is 12.2. The molecule has 0 saturated carbocycles. The van der Waals surface area contributed by atoms with Crippen LogP contribution in [0.5, 0.6) is 5.75 Å². The molecule has 4 heteroatoms. The van der Waals surface area contributed by atoms with Crippen molar-refractivity contribution in [2.75, 3.05) is 11.4 Å². The topological polar surface area (TPSA) is 40.5 Å². The van der Waals surface area contributed by atoms with Crippen LogP contribution in [-0.4, -0.2) is 17.6 Å². The van der Waals surface area contributed by atoms with Crippen molar-refractivity contribution in [1.29, 1.82) is 0 Å². The van der Waals surface area contributed by atoms with E-state index in [1.54, 1.807) is 41.3 Å². The molecule has 0 fully saturated rings. The Balaban J connectivity index is 2.38. The summed E-state index contributed by atoms with van der Waals surface area (Å²) >= 11 is 6.00. The summed E-state index contributed by atoms with van der Waals surface area (Å²) < 4.78 is 0. The molecule has 2 aromatic carbocycles. The van der Waals surface area contributed by atoms with E-state index in [1.165, 1.54) is 0 Å². The monoisotopic (exact) mass is 289 g/mol. The highest BCUT2D eigenvalue weighted by molar-refractivity contribution is 6.31. The smallest absolute Gasteiger partial charge is 0.258 e. The summed E-state index contributed by atoms with van der Waals surface area (Å²) in [7, 11) is 0. The van der Waals surface area contributed by atoms with Crippen LogP contribution in [0.15, 0.2) is 42.5 Å². The van der Waals surface area contributed by atoms with Gasteiger partial charge in [0, 0.05) is 28.9 Å². The van der Waals surface area contributed by atoms with Crippen molar-refractivity contribution in [2.24, 2.45) is 0 Å². The number of aryl methyl sites for hydroxylation is 1. The van der Waals surface area contributed by atoms with Gasteiger partial charge < -0.3 is 10.0 Å². The van der Waals surface area contributed by atoms with Crippen LogP contribution in [0.2, 0.25) is 5.02 Å². The van der Waals surface area contributed by atoms with Crippen molar-refractivity contribution in [2.45, 2.75) is 13.8 Å². The Morgan fingerprint density at radius 1 is 1.25 bits per heavy atom. The Morgan fingerprint density at radius 3 is 2.60 bits per heavy atom. The lowest BCUT2D eigenvalue weighted by molar-refractivity contribution is 0.0988. The molecule has 0 saturated heterocycles. The molecule has 1 amide bonds. The van der Waals surface area contributed by atoms with Crippen LogP contribution in [0.4, 0.5) is 5.69 Å². The first-order valence-electron chi connectivity index (χ1n) is 6.39. The van der Waals surface area contributed by atoms with Gasteiger partial charge in [-0.1, -0.05) is 17.7 Å². The molecule has 0 aliphatic carbocycles. The Hall–Kier alpha value is -2.00. The van der Waals surface area contributed by atoms with E-state index in [0.717, 1.165) is 5.56 Å². The quantitative estimate of drug-likeness (QED) is 0.927. The normalized spacial score (nSPS) is 10.3. The van der Waals surface area contributed by atoms with E-state index in [4.69, 9.17) is 11.6 Å². The number of amides is 1. The molecular formula is C16H16ClNO2. The fourth-order valence-corrected chi connectivity index (χ4v) is 2.41. The molecule has 2 rings (SSSR count). The number of hydrogen-bond donors (Lipinski definition) is 1. The van der Waals surface area contributed by atoms with E-state index in [9.17, 15) is 9.90 Å². The summed E-state index contributed by atoms with van der Waals surface area (Å²) in [4.78, 5) is 14.2. The van der Waals surface area contributed by atoms with Crippen molar-refractivity contribution in [3.63, 3.8) is 0 Å². The maximum Gasteiger partial charge on any atom is 0.258 e. The molecule has 3 nitrogen and oxygen atoms in total. The van der Waals surface area contributed by atoms with Gasteiger partial charge in [0.25, 0.3) is 5.91 Å². The molecule has 0 aliphatic rings. The van der Waals surface area contributed by atoms with Crippen LogP contribution in [0, 0.1) is 6.92 Å². The first kappa shape index (κ1) is 14.4. The maximum atomic E-state index is 12.6. The maximum absolute atomic E-state index is 12.6. The molecule has 104 valence electrons. The Morgan fingerprint density at radius 2 is 2.00 bits per heavy atom. The second-order valence-corrected chi connectivity index (χ2v) is 5.02. The lowest BCUT2D eigenvalue weighted by atomic mass is 10.1. The van der Waals surface area contributed by atoms with Gasteiger partial charge in [-0.3, -0.25) is 4.79 Å². The molecule has 0 heterocycles. The summed E-state index contributed by atoms with van der Waals surface area (Å²) in [5.74, 6) is -0.000255. The highest BCUT2D eigenvalue weighted by atomic mass is 35.5. The highest BCUT2D eigenvalue weighted by Gasteiger charge is 2.17. The number of phenols is 1. The standard InChI is InChI=1S/C16H16ClNO2/c1-3-18(14-5-4-6-15(19)10-14)16(20)12-7-11(2)8-13(17)9-12/h4-10,19H,3H2,1-2H3. The van der Waals surface area contributed by atoms with Crippen LogP contribution in [0.3, 0.4) is 0 Å². The molecular weight excluding hydrogens is 274 g/mol. The van der Waals surface area contributed by atoms with Crippen molar-refractivity contribution in [3.05, 3.63) is 58.6 Å². The predicted molar refractivity (Wildman–Crippen MR) is 81.6 cm³/mol. The second kappa shape index (κ2) is 5.97. The number of carbonyl (C=O) groups excluding carboxylic acids is 1. The molecule has 1 N–H and O–H groups in total. The highest BCUT2D eigenvalue weighted by Crippen LogP contribution is 2.23. The van der Waals surface area contributed by atoms with Crippen LogP contribution in [0.1, 0.15) is 22.8 Å². The number of benzene rings is 2. The minimum atomic E-state index is -0.135. The Labute approximate surface area is 123 Å². The SMILES string of the molecule is CCN(C(=O)c1cc(C)cc(Cl)c1)c1cccc(O)c1. The minimum absolute atomic E-state index is 0.135. The van der Waals surface area contributed by atoms with E-state index >= 15 is 0 Å². The van der Waals surface area contributed by atoms with E-state index in [2.05, 4.69) is 0 Å². The first-order chi connectivity index (χ1) is 9.51. The summed E-state index contributed by atoms with van der Waals surface area (Å²) in [6.45, 7) is 4.29. The molecule has 0 radical (unpaired) electrons. The van der Waals surface area contributed by atoms with E-state index in [-0.39, 0.29) is 11.7 Å². The molecule has 0 atom stereocenters. The average molecular weight is 290 g/mol. The zero-order chi connectivity index (χ0) is 14.7. The van der Waals surface area contributed by atoms with Gasteiger partial charge >= 0.3 is 0 Å². The van der Waals surface area contributed by atoms with Crippen LogP contribution in [-0.2, 0) is 0 Å². The second-order valence-electron chi connectivity index (χ2n) is 4.59. The fraction of sp³-hybridized carbons (Fsp3) is 0.188. The summed E-state index contributed by atoms with van der Waals surface area (Å²) in [6, 6.07) is 11.9. The molecule has 20 heavy (non-hydrogen) atoms. The van der Waals surface area contributed by atoms with E-state index in [1.807, 2.05) is 19.9 Å². The van der Waals surface area contributed by atoms with Gasteiger partial charge in [0.1, 0.15) is 5.75 Å². The van der Waals surface area contributed by atoms with Gasteiger partial charge in [-0.25, -0.2) is 0 Å². The third-order valence-corrected chi connectivity index (χ3v) is 3.21. The van der Waals surface area contributed by atoms with Gasteiger partial charge in [-0.2, -0.15) is 0 Å². The van der Waals surface area contributed by atoms with Gasteiger partial charge in [-0.15, -0.1) is 0 Å². The molecule has 0 spiro atoms. The molecule has 0 aliphatic heterocycles. The van der Waals surface area contributed by atoms with Gasteiger partial charge in [0.05, 0.1) is 0 Å². The third-order valence-electron chi connectivity index (χ3n) is 2.99. The predicted octanol–water partition coefficient (Wildman–Crippen LogP) is 4.02. The molecule has 0 aromatic heterocycles. The number of halogens is 1. The van der Waals surface area contributed by atoms with Crippen molar-refractivity contribution in [1.82, 2.24) is 0 Å². The number of rotatable bonds is 3. The number of carbonyl (C=O) groups is 1. The Kier molecular flexibility index (Phi) is 4.30. The zero-order valence-electron chi connectivity index (χ0n) is 11.4. The number of hydrogen-bond acceptors (Lipinski definition) is 2. The molecule has 2 aromatic rings. The lowest BCUT2D eigenvalue weighted by Crippen LogP contribution is -2.30. The van der Waals surface area contributed by atoms with E-state index < -0.39 is 0 Å². The lowest BCUT2D eigenvalue weighted by Gasteiger charge is -2.21. The number of nitrogens with zero attached hydrogens (tertiary/aromatic N) is 1. The number of anilines is 1. The van der Waals surface area contributed by atoms with Gasteiger partial charge in [0.2, 0.25) is 0 Å². The average Bonchev–Trinajstić information content (AvgIpc) is 2.38. The third kappa shape index (κ3) is 3.11. The van der Waals surface area contributed by atoms with Crippen molar-refractivity contribution >= 4 is 23.2 Å². The minimum Gasteiger partial charge on any atom is -0.508 e. The number of aromatic hydroxyl groups is 1.